The van der Waals surface area contributed by atoms with Gasteiger partial charge in [0.15, 0.2) is 0 Å². The van der Waals surface area contributed by atoms with Crippen LogP contribution in [-0.4, -0.2) is 16.9 Å². The summed E-state index contributed by atoms with van der Waals surface area (Å²) in [6.07, 6.45) is 3.05. The van der Waals surface area contributed by atoms with Crippen LogP contribution in [0.15, 0.2) is 0 Å². The summed E-state index contributed by atoms with van der Waals surface area (Å²) in [5, 5.41) is 1.48. The summed E-state index contributed by atoms with van der Waals surface area (Å²) in [5.74, 6) is 1.16. The van der Waals surface area contributed by atoms with Crippen LogP contribution >= 0.6 is 12.4 Å². The Morgan fingerprint density at radius 1 is 1.50 bits per heavy atom. The molecule has 0 aromatic rings. The quantitative estimate of drug-likeness (QED) is 0.510. The zero-order valence-electron chi connectivity index (χ0n) is 3.68. The van der Waals surface area contributed by atoms with Crippen molar-refractivity contribution in [1.82, 2.24) is 0 Å². The van der Waals surface area contributed by atoms with Gasteiger partial charge in [-0.15, -0.1) is 12.4 Å². The molecule has 0 N–H and O–H groups in total. The van der Waals surface area contributed by atoms with E-state index < -0.39 is 0 Å². The van der Waals surface area contributed by atoms with Gasteiger partial charge < -0.3 is 0 Å². The first-order chi connectivity index (χ1) is 2.43. The summed E-state index contributed by atoms with van der Waals surface area (Å²) in [6.45, 7) is 0. The maximum absolute atomic E-state index is 1.89. The third-order valence-electron chi connectivity index (χ3n) is 1.03. The molecule has 0 aromatic heterocycles. The van der Waals surface area contributed by atoms with Gasteiger partial charge in [0.1, 0.15) is 0 Å². The van der Waals surface area contributed by atoms with Gasteiger partial charge in [-0.2, -0.15) is 0 Å². The van der Waals surface area contributed by atoms with Gasteiger partial charge in [-0.25, -0.2) is 0 Å². The second-order valence-corrected chi connectivity index (χ2v) is 2.67. The van der Waals surface area contributed by atoms with Crippen molar-refractivity contribution in [3.05, 3.63) is 0 Å². The summed E-state index contributed by atoms with van der Waals surface area (Å²) in [5.41, 5.74) is 0. The molecule has 0 radical (unpaired) electrons. The Kier molecular flexibility index (Phi) is 3.35. The van der Waals surface area contributed by atoms with E-state index in [-0.39, 0.29) is 12.4 Å². The van der Waals surface area contributed by atoms with E-state index in [0.29, 0.717) is 0 Å². The second-order valence-electron chi connectivity index (χ2n) is 1.68. The predicted molar refractivity (Wildman–Crippen MR) is 33.3 cm³/mol. The summed E-state index contributed by atoms with van der Waals surface area (Å²) in [6, 6.07) is 0. The molecule has 0 bridgehead atoms. The first-order valence-electron chi connectivity index (χ1n) is 2.13. The van der Waals surface area contributed by atoms with E-state index in [2.05, 4.69) is 0 Å². The third-order valence-corrected chi connectivity index (χ3v) is 2.43. The van der Waals surface area contributed by atoms with E-state index in [0.717, 1.165) is 5.92 Å². The van der Waals surface area contributed by atoms with E-state index in [9.17, 15) is 0 Å². The Morgan fingerprint density at radius 2 is 2.00 bits per heavy atom. The summed E-state index contributed by atoms with van der Waals surface area (Å²) in [7, 11) is 0. The Balaban J connectivity index is 0.000000250. The van der Waals surface area contributed by atoms with Crippen molar-refractivity contribution < 1.29 is 0 Å². The van der Waals surface area contributed by atoms with Crippen molar-refractivity contribution in [2.24, 2.45) is 5.92 Å². The molecule has 0 heterocycles. The molecule has 0 aromatic carbocycles. The number of hydrogen-bond donors (Lipinski definition) is 0. The van der Waals surface area contributed by atoms with Gasteiger partial charge in [-0.3, -0.25) is 0 Å². The molecule has 1 atom stereocenters. The van der Waals surface area contributed by atoms with Gasteiger partial charge in [0.2, 0.25) is 0 Å². The SMILES string of the molecule is Cl.[AsH2]CC1CC1. The number of rotatable bonds is 1. The van der Waals surface area contributed by atoms with Crippen molar-refractivity contribution in [3.8, 4) is 0 Å². The van der Waals surface area contributed by atoms with Gasteiger partial charge in [0.05, 0.1) is 0 Å². The van der Waals surface area contributed by atoms with Crippen molar-refractivity contribution in [1.29, 1.82) is 0 Å². The maximum atomic E-state index is 1.89. The molecule has 0 spiro atoms. The van der Waals surface area contributed by atoms with Gasteiger partial charge in [-0.05, 0) is 0 Å². The van der Waals surface area contributed by atoms with E-state index in [1.165, 1.54) is 18.1 Å². The monoisotopic (exact) mass is 168 g/mol. The normalized spacial score (nSPS) is 19.5. The zero-order valence-corrected chi connectivity index (χ0v) is 6.92. The van der Waals surface area contributed by atoms with Crippen LogP contribution in [0.4, 0.5) is 0 Å². The molecule has 1 saturated carbocycles. The van der Waals surface area contributed by atoms with Gasteiger partial charge >= 0.3 is 40.8 Å². The van der Waals surface area contributed by atoms with Crippen LogP contribution in [0, 0.1) is 5.92 Å². The summed E-state index contributed by atoms with van der Waals surface area (Å²) >= 11 is 1.89. The first-order valence-corrected chi connectivity index (χ1v) is 3.85. The van der Waals surface area contributed by atoms with Gasteiger partial charge in [0.25, 0.3) is 0 Å². The van der Waals surface area contributed by atoms with Crippen molar-refractivity contribution in [2.45, 2.75) is 18.1 Å². The molecule has 38 valence electrons. The third kappa shape index (κ3) is 2.10. The van der Waals surface area contributed by atoms with Crippen molar-refractivity contribution >= 4 is 29.3 Å². The van der Waals surface area contributed by atoms with E-state index in [4.69, 9.17) is 0 Å². The minimum absolute atomic E-state index is 0. The van der Waals surface area contributed by atoms with Gasteiger partial charge in [-0.1, -0.05) is 0 Å². The summed E-state index contributed by atoms with van der Waals surface area (Å²) in [4.78, 5) is 0. The van der Waals surface area contributed by atoms with Crippen LogP contribution in [0.25, 0.3) is 0 Å². The minimum atomic E-state index is 0. The van der Waals surface area contributed by atoms with Crippen LogP contribution in [0.1, 0.15) is 12.8 Å². The molecular weight excluding hydrogens is 158 g/mol. The standard InChI is InChI=1S/C4H9As.ClH/c5-3-4-1-2-4;/h4H,1-3,5H2;1H. The van der Waals surface area contributed by atoms with E-state index in [1.807, 2.05) is 16.9 Å². The molecular formula is C4H10AsCl. The Labute approximate surface area is 53.6 Å². The Morgan fingerprint density at radius 3 is 2.00 bits per heavy atom. The molecule has 0 nitrogen and oxygen atoms in total. The Hall–Kier alpha value is 0.848. The summed E-state index contributed by atoms with van der Waals surface area (Å²) < 4.78 is 0. The fourth-order valence-electron chi connectivity index (χ4n) is 0.354. The van der Waals surface area contributed by atoms with Crippen LogP contribution in [0.3, 0.4) is 0 Å². The van der Waals surface area contributed by atoms with Crippen LogP contribution < -0.4 is 0 Å². The molecule has 1 aliphatic rings. The molecule has 1 fully saturated rings. The first kappa shape index (κ1) is 6.85. The number of hydrogen-bond acceptors (Lipinski definition) is 0. The molecule has 0 saturated heterocycles. The average molecular weight is 168 g/mol. The van der Waals surface area contributed by atoms with Gasteiger partial charge in [0, 0.05) is 0 Å². The molecule has 1 rings (SSSR count). The van der Waals surface area contributed by atoms with Crippen molar-refractivity contribution in [2.75, 3.05) is 0 Å². The Bertz CT molecular complexity index is 34.5. The fraction of sp³-hybridized carbons (Fsp3) is 1.00. The molecule has 1 aliphatic carbocycles. The predicted octanol–water partition coefficient (Wildman–Crippen LogP) is 0.870. The second kappa shape index (κ2) is 2.93. The van der Waals surface area contributed by atoms with E-state index in [1.54, 1.807) is 0 Å². The van der Waals surface area contributed by atoms with Crippen LogP contribution in [0.2, 0.25) is 5.21 Å². The molecule has 0 aliphatic heterocycles. The topological polar surface area (TPSA) is 0 Å². The average Bonchev–Trinajstić information content (AvgIpc) is 2.12. The molecule has 2 heteroatoms. The fourth-order valence-corrected chi connectivity index (χ4v) is 1.34. The van der Waals surface area contributed by atoms with Crippen LogP contribution in [0.5, 0.6) is 0 Å². The zero-order chi connectivity index (χ0) is 3.70. The number of halogens is 1. The van der Waals surface area contributed by atoms with E-state index >= 15 is 0 Å². The van der Waals surface area contributed by atoms with Crippen molar-refractivity contribution in [3.63, 3.8) is 0 Å². The molecule has 1 unspecified atom stereocenters. The van der Waals surface area contributed by atoms with Crippen LogP contribution in [-0.2, 0) is 0 Å². The molecule has 0 amide bonds. The molecule has 6 heavy (non-hydrogen) atoms.